The maximum absolute atomic E-state index is 10.7. The van der Waals surface area contributed by atoms with E-state index in [2.05, 4.69) is 70.2 Å². The summed E-state index contributed by atoms with van der Waals surface area (Å²) in [7, 11) is 0. The first-order valence-corrected chi connectivity index (χ1v) is 11.4. The van der Waals surface area contributed by atoms with E-state index in [4.69, 9.17) is 0 Å². The van der Waals surface area contributed by atoms with Crippen molar-refractivity contribution in [2.75, 3.05) is 0 Å². The van der Waals surface area contributed by atoms with Crippen molar-refractivity contribution in [1.82, 2.24) is 0 Å². The zero-order valence-corrected chi connectivity index (χ0v) is 19.7. The van der Waals surface area contributed by atoms with Gasteiger partial charge in [0.05, 0.1) is 0 Å². The molecule has 0 aliphatic carbocycles. The van der Waals surface area contributed by atoms with Crippen LogP contribution in [0.25, 0.3) is 0 Å². The number of aryl methyl sites for hydroxylation is 2. The lowest BCUT2D eigenvalue weighted by Crippen LogP contribution is -2.03. The molecule has 2 nitrogen and oxygen atoms in total. The molecule has 2 heteroatoms. The summed E-state index contributed by atoms with van der Waals surface area (Å²) in [6.07, 6.45) is 1.78. The summed E-state index contributed by atoms with van der Waals surface area (Å²) in [6, 6.07) is 19.2. The maximum Gasteiger partial charge on any atom is 0.122 e. The van der Waals surface area contributed by atoms with Crippen molar-refractivity contribution >= 4 is 0 Å². The van der Waals surface area contributed by atoms with E-state index in [9.17, 15) is 10.2 Å². The lowest BCUT2D eigenvalue weighted by Gasteiger charge is -2.18. The summed E-state index contributed by atoms with van der Waals surface area (Å²) in [5, 5.41) is 20.8. The molecule has 2 atom stereocenters. The van der Waals surface area contributed by atoms with Gasteiger partial charge in [0.25, 0.3) is 0 Å². The molecular formula is C29H36O2. The molecule has 0 fully saturated rings. The lowest BCUT2D eigenvalue weighted by molar-refractivity contribution is 0.455. The van der Waals surface area contributed by atoms with Crippen LogP contribution < -0.4 is 0 Å². The maximum atomic E-state index is 10.7. The van der Waals surface area contributed by atoms with Gasteiger partial charge in [-0.05, 0) is 83.4 Å². The number of para-hydroxylation sites is 1. The molecule has 2 N–H and O–H groups in total. The van der Waals surface area contributed by atoms with Crippen LogP contribution in [-0.4, -0.2) is 10.2 Å². The quantitative estimate of drug-likeness (QED) is 0.418. The van der Waals surface area contributed by atoms with E-state index in [1.54, 1.807) is 0 Å². The number of rotatable bonds is 7. The number of hydrogen-bond donors (Lipinski definition) is 2. The van der Waals surface area contributed by atoms with Crippen LogP contribution in [0.4, 0.5) is 0 Å². The standard InChI is InChI=1S/C29H36O2/c1-18(2)27-12-8-11-25(29(27)31)14-20(4)24-10-7-9-23(17-24)13-19(3)26-15-21(5)28(30)22(6)16-26/h7-12,15-20,30-31H,13-14H2,1-6H3. The highest BCUT2D eigenvalue weighted by atomic mass is 16.3. The Morgan fingerprint density at radius 2 is 1.29 bits per heavy atom. The Bertz CT molecular complexity index is 1030. The summed E-state index contributed by atoms with van der Waals surface area (Å²) in [4.78, 5) is 0. The summed E-state index contributed by atoms with van der Waals surface area (Å²) >= 11 is 0. The van der Waals surface area contributed by atoms with E-state index >= 15 is 0 Å². The van der Waals surface area contributed by atoms with Gasteiger partial charge in [0.2, 0.25) is 0 Å². The summed E-state index contributed by atoms with van der Waals surface area (Å²) < 4.78 is 0. The second-order valence-corrected chi connectivity index (χ2v) is 9.47. The Hall–Kier alpha value is -2.74. The molecule has 0 aliphatic rings. The molecule has 0 saturated carbocycles. The van der Waals surface area contributed by atoms with Gasteiger partial charge in [-0.15, -0.1) is 0 Å². The SMILES string of the molecule is Cc1cc(C(C)Cc2cccc(C(C)Cc3cccc(C(C)C)c3O)c2)cc(C)c1O. The fourth-order valence-corrected chi connectivity index (χ4v) is 4.46. The second-order valence-electron chi connectivity index (χ2n) is 9.47. The molecule has 0 aliphatic heterocycles. The molecular weight excluding hydrogens is 380 g/mol. The van der Waals surface area contributed by atoms with Crippen LogP contribution in [0.15, 0.2) is 54.6 Å². The average Bonchev–Trinajstić information content (AvgIpc) is 2.73. The van der Waals surface area contributed by atoms with Crippen LogP contribution in [0.2, 0.25) is 0 Å². The van der Waals surface area contributed by atoms with Gasteiger partial charge >= 0.3 is 0 Å². The predicted octanol–water partition coefficient (Wildman–Crippen LogP) is 7.53. The average molecular weight is 417 g/mol. The zero-order chi connectivity index (χ0) is 22.7. The number of phenolic OH excluding ortho intramolecular Hbond substituents is 2. The second kappa shape index (κ2) is 9.60. The van der Waals surface area contributed by atoms with Crippen molar-refractivity contribution < 1.29 is 10.2 Å². The topological polar surface area (TPSA) is 40.5 Å². The van der Waals surface area contributed by atoms with E-state index in [1.807, 2.05) is 26.0 Å². The molecule has 0 aromatic heterocycles. The first kappa shape index (κ1) is 22.9. The monoisotopic (exact) mass is 416 g/mol. The van der Waals surface area contributed by atoms with Crippen molar-refractivity contribution in [3.05, 3.63) is 93.5 Å². The predicted molar refractivity (Wildman–Crippen MR) is 130 cm³/mol. The minimum Gasteiger partial charge on any atom is -0.507 e. The molecule has 0 radical (unpaired) electrons. The van der Waals surface area contributed by atoms with Crippen LogP contribution in [0.5, 0.6) is 11.5 Å². The third-order valence-electron chi connectivity index (χ3n) is 6.44. The highest BCUT2D eigenvalue weighted by Crippen LogP contribution is 2.33. The van der Waals surface area contributed by atoms with Crippen molar-refractivity contribution in [1.29, 1.82) is 0 Å². The minimum absolute atomic E-state index is 0.312. The van der Waals surface area contributed by atoms with E-state index in [1.165, 1.54) is 16.7 Å². The van der Waals surface area contributed by atoms with Crippen molar-refractivity contribution in [2.24, 2.45) is 0 Å². The lowest BCUT2D eigenvalue weighted by atomic mass is 9.87. The Labute approximate surface area is 187 Å². The fraction of sp³-hybridized carbons (Fsp3) is 0.379. The van der Waals surface area contributed by atoms with Crippen molar-refractivity contribution in [2.45, 2.75) is 72.1 Å². The summed E-state index contributed by atoms with van der Waals surface area (Å²) in [6.45, 7) is 12.6. The first-order valence-electron chi connectivity index (χ1n) is 11.4. The van der Waals surface area contributed by atoms with Crippen LogP contribution in [0, 0.1) is 13.8 Å². The fourth-order valence-electron chi connectivity index (χ4n) is 4.46. The molecule has 0 saturated heterocycles. The zero-order valence-electron chi connectivity index (χ0n) is 19.7. The van der Waals surface area contributed by atoms with Gasteiger partial charge < -0.3 is 10.2 Å². The third-order valence-corrected chi connectivity index (χ3v) is 6.44. The smallest absolute Gasteiger partial charge is 0.122 e. The normalized spacial score (nSPS) is 13.4. The largest absolute Gasteiger partial charge is 0.507 e. The van der Waals surface area contributed by atoms with Crippen LogP contribution in [0.3, 0.4) is 0 Å². The van der Waals surface area contributed by atoms with Crippen molar-refractivity contribution in [3.63, 3.8) is 0 Å². The molecule has 2 unspecified atom stereocenters. The molecule has 0 spiro atoms. The van der Waals surface area contributed by atoms with Gasteiger partial charge in [0.15, 0.2) is 0 Å². The van der Waals surface area contributed by atoms with E-state index in [0.717, 1.165) is 35.1 Å². The van der Waals surface area contributed by atoms with Crippen LogP contribution >= 0.6 is 0 Å². The van der Waals surface area contributed by atoms with Gasteiger partial charge in [-0.1, -0.05) is 82.3 Å². The first-order chi connectivity index (χ1) is 14.7. The third kappa shape index (κ3) is 5.31. The molecule has 3 aromatic carbocycles. The van der Waals surface area contributed by atoms with Gasteiger partial charge in [-0.25, -0.2) is 0 Å². The van der Waals surface area contributed by atoms with Gasteiger partial charge in [-0.3, -0.25) is 0 Å². The van der Waals surface area contributed by atoms with Gasteiger partial charge in [0.1, 0.15) is 11.5 Å². The van der Waals surface area contributed by atoms with Crippen molar-refractivity contribution in [3.8, 4) is 11.5 Å². The Balaban J connectivity index is 1.76. The number of aromatic hydroxyl groups is 2. The van der Waals surface area contributed by atoms with Crippen LogP contribution in [0.1, 0.15) is 84.4 Å². The van der Waals surface area contributed by atoms with Gasteiger partial charge in [0, 0.05) is 0 Å². The highest BCUT2D eigenvalue weighted by Gasteiger charge is 2.15. The Morgan fingerprint density at radius 3 is 1.94 bits per heavy atom. The van der Waals surface area contributed by atoms with E-state index < -0.39 is 0 Å². The molecule has 3 rings (SSSR count). The minimum atomic E-state index is 0.312. The van der Waals surface area contributed by atoms with E-state index in [0.29, 0.717) is 29.3 Å². The molecule has 31 heavy (non-hydrogen) atoms. The molecule has 3 aromatic rings. The summed E-state index contributed by atoms with van der Waals surface area (Å²) in [5.41, 5.74) is 7.80. The summed E-state index contributed by atoms with van der Waals surface area (Å²) in [5.74, 6) is 1.85. The molecule has 0 amide bonds. The van der Waals surface area contributed by atoms with Gasteiger partial charge in [-0.2, -0.15) is 0 Å². The number of phenols is 2. The van der Waals surface area contributed by atoms with E-state index in [-0.39, 0.29) is 0 Å². The highest BCUT2D eigenvalue weighted by molar-refractivity contribution is 5.44. The molecule has 0 heterocycles. The molecule has 0 bridgehead atoms. The Morgan fingerprint density at radius 1 is 0.677 bits per heavy atom. The number of benzene rings is 3. The molecule has 164 valence electrons. The Kier molecular flexibility index (Phi) is 7.10. The van der Waals surface area contributed by atoms with Crippen LogP contribution in [-0.2, 0) is 12.8 Å². The number of hydrogen-bond acceptors (Lipinski definition) is 2.